The number of carbonyl (C=O) groups is 3. The van der Waals surface area contributed by atoms with Crippen LogP contribution in [0.5, 0.6) is 5.75 Å². The summed E-state index contributed by atoms with van der Waals surface area (Å²) in [7, 11) is 0. The third kappa shape index (κ3) is 7.60. The highest BCUT2D eigenvalue weighted by molar-refractivity contribution is 5.91. The fraction of sp³-hybridized carbons (Fsp3) is 0.542. The number of aliphatic hydroxyl groups excluding tert-OH is 2. The van der Waals surface area contributed by atoms with E-state index in [2.05, 4.69) is 6.92 Å². The lowest BCUT2D eigenvalue weighted by atomic mass is 9.90. The van der Waals surface area contributed by atoms with E-state index in [0.29, 0.717) is 6.42 Å². The molecule has 31 heavy (non-hydrogen) atoms. The molecule has 1 aliphatic rings. The van der Waals surface area contributed by atoms with Gasteiger partial charge in [-0.3, -0.25) is 9.59 Å². The molecule has 0 bridgehead atoms. The molecule has 0 amide bonds. The zero-order valence-corrected chi connectivity index (χ0v) is 18.2. The summed E-state index contributed by atoms with van der Waals surface area (Å²) in [6.07, 6.45) is 5.08. The van der Waals surface area contributed by atoms with E-state index in [1.54, 1.807) is 31.2 Å². The Bertz CT molecular complexity index is 786. The van der Waals surface area contributed by atoms with E-state index in [1.807, 2.05) is 0 Å². The monoisotopic (exact) mass is 432 g/mol. The Hall–Kier alpha value is -2.51. The van der Waals surface area contributed by atoms with Crippen molar-refractivity contribution in [2.45, 2.75) is 64.6 Å². The van der Waals surface area contributed by atoms with E-state index in [4.69, 9.17) is 9.47 Å². The van der Waals surface area contributed by atoms with Gasteiger partial charge in [0.25, 0.3) is 0 Å². The fourth-order valence-electron chi connectivity index (χ4n) is 3.70. The van der Waals surface area contributed by atoms with Crippen LogP contribution in [0.2, 0.25) is 0 Å². The maximum absolute atomic E-state index is 12.4. The summed E-state index contributed by atoms with van der Waals surface area (Å²) >= 11 is 0. The summed E-state index contributed by atoms with van der Waals surface area (Å²) in [5.74, 6) is -2.44. The van der Waals surface area contributed by atoms with Gasteiger partial charge in [-0.25, -0.2) is 4.79 Å². The summed E-state index contributed by atoms with van der Waals surface area (Å²) in [6.45, 7) is 4.01. The number of esters is 2. The molecule has 4 atom stereocenters. The van der Waals surface area contributed by atoms with Crippen molar-refractivity contribution in [2.24, 2.45) is 11.8 Å². The Morgan fingerprint density at radius 1 is 1.26 bits per heavy atom. The maximum atomic E-state index is 12.4. The number of hydrogen-bond acceptors (Lipinski definition) is 7. The minimum atomic E-state index is -0.892. The second kappa shape index (κ2) is 12.4. The first kappa shape index (κ1) is 24.8. The number of ketones is 1. The van der Waals surface area contributed by atoms with Gasteiger partial charge in [0.2, 0.25) is 0 Å². The normalized spacial score (nSPS) is 21.9. The van der Waals surface area contributed by atoms with E-state index in [1.165, 1.54) is 12.1 Å². The van der Waals surface area contributed by atoms with Crippen LogP contribution in [-0.4, -0.2) is 46.7 Å². The minimum Gasteiger partial charge on any atom is -0.462 e. The smallest absolute Gasteiger partial charge is 0.338 e. The average Bonchev–Trinajstić information content (AvgIpc) is 2.99. The van der Waals surface area contributed by atoms with Crippen LogP contribution in [0.25, 0.3) is 0 Å². The second-order valence-electron chi connectivity index (χ2n) is 7.80. The van der Waals surface area contributed by atoms with Crippen LogP contribution in [0, 0.1) is 11.8 Å². The molecule has 1 aliphatic carbocycles. The number of Topliss-reactive ketones (excluding diaryl/α,β-unsaturated/α-hetero) is 1. The highest BCUT2D eigenvalue weighted by Gasteiger charge is 2.41. The lowest BCUT2D eigenvalue weighted by Crippen LogP contribution is -2.24. The average molecular weight is 433 g/mol. The molecule has 7 nitrogen and oxygen atoms in total. The molecule has 0 spiro atoms. The molecule has 1 aromatic carbocycles. The molecule has 170 valence electrons. The third-order valence-electron chi connectivity index (χ3n) is 5.36. The van der Waals surface area contributed by atoms with Crippen molar-refractivity contribution in [3.63, 3.8) is 0 Å². The molecule has 2 rings (SSSR count). The van der Waals surface area contributed by atoms with Gasteiger partial charge < -0.3 is 19.7 Å². The van der Waals surface area contributed by atoms with Crippen LogP contribution < -0.4 is 4.74 Å². The Morgan fingerprint density at radius 2 is 2.03 bits per heavy atom. The second-order valence-corrected chi connectivity index (χ2v) is 7.80. The predicted octanol–water partition coefficient (Wildman–Crippen LogP) is 3.22. The first-order chi connectivity index (χ1) is 14.8. The van der Waals surface area contributed by atoms with Gasteiger partial charge in [0, 0.05) is 18.3 Å². The zero-order valence-electron chi connectivity index (χ0n) is 18.2. The molecule has 0 heterocycles. The SMILES string of the molecule is CCCCC[C@H](O)/C=C/[C@H]1[C@H](O)CC(=O)[C@@H]1CC(=O)Oc1cccc(C(=O)OCC)c1. The van der Waals surface area contributed by atoms with Crippen LogP contribution in [0.15, 0.2) is 36.4 Å². The van der Waals surface area contributed by atoms with Gasteiger partial charge in [0.1, 0.15) is 11.5 Å². The lowest BCUT2D eigenvalue weighted by molar-refractivity contribution is -0.138. The Kier molecular flexibility index (Phi) is 9.88. The molecule has 7 heteroatoms. The van der Waals surface area contributed by atoms with Gasteiger partial charge >= 0.3 is 11.9 Å². The Morgan fingerprint density at radius 3 is 2.74 bits per heavy atom. The van der Waals surface area contributed by atoms with Gasteiger partial charge in [0.05, 0.1) is 30.8 Å². The molecule has 0 radical (unpaired) electrons. The van der Waals surface area contributed by atoms with Crippen LogP contribution in [0.1, 0.15) is 62.7 Å². The highest BCUT2D eigenvalue weighted by atomic mass is 16.5. The van der Waals surface area contributed by atoms with Crippen LogP contribution in [0.3, 0.4) is 0 Å². The van der Waals surface area contributed by atoms with Crippen LogP contribution in [-0.2, 0) is 14.3 Å². The van der Waals surface area contributed by atoms with Gasteiger partial charge in [-0.2, -0.15) is 0 Å². The Balaban J connectivity index is 1.99. The number of aliphatic hydroxyl groups is 2. The largest absolute Gasteiger partial charge is 0.462 e. The molecule has 1 fully saturated rings. The standard InChI is InChI=1S/C24H32O7/c1-3-5-6-9-17(25)11-12-19-20(22(27)15-21(19)26)14-23(28)31-18-10-7-8-16(13-18)24(29)30-4-2/h7-8,10-13,17,19-21,25-26H,3-6,9,14-15H2,1-2H3/b12-11+/t17-,19+,20+,21+/m0/s1. The first-order valence-electron chi connectivity index (χ1n) is 10.9. The van der Waals surface area contributed by atoms with Crippen molar-refractivity contribution in [2.75, 3.05) is 6.61 Å². The molecule has 1 aromatic rings. The molecule has 0 saturated heterocycles. The molecule has 0 aliphatic heterocycles. The van der Waals surface area contributed by atoms with Gasteiger partial charge in [-0.05, 0) is 31.5 Å². The van der Waals surface area contributed by atoms with E-state index < -0.39 is 36.0 Å². The van der Waals surface area contributed by atoms with Crippen molar-refractivity contribution >= 4 is 17.7 Å². The molecule has 0 unspecified atom stereocenters. The molecular weight excluding hydrogens is 400 g/mol. The predicted molar refractivity (Wildman–Crippen MR) is 115 cm³/mol. The number of benzene rings is 1. The summed E-state index contributed by atoms with van der Waals surface area (Å²) in [4.78, 5) is 36.6. The highest BCUT2D eigenvalue weighted by Crippen LogP contribution is 2.33. The van der Waals surface area contributed by atoms with Gasteiger partial charge in [-0.1, -0.05) is 44.4 Å². The van der Waals surface area contributed by atoms with Crippen LogP contribution in [0.4, 0.5) is 0 Å². The van der Waals surface area contributed by atoms with Crippen molar-refractivity contribution in [1.82, 2.24) is 0 Å². The van der Waals surface area contributed by atoms with Crippen molar-refractivity contribution in [1.29, 1.82) is 0 Å². The summed E-state index contributed by atoms with van der Waals surface area (Å²) in [5, 5.41) is 20.3. The fourth-order valence-corrected chi connectivity index (χ4v) is 3.70. The topological polar surface area (TPSA) is 110 Å². The quantitative estimate of drug-likeness (QED) is 0.239. The van der Waals surface area contributed by atoms with Crippen molar-refractivity contribution in [3.8, 4) is 5.75 Å². The Labute approximate surface area is 183 Å². The number of carbonyl (C=O) groups excluding carboxylic acids is 3. The summed E-state index contributed by atoms with van der Waals surface area (Å²) < 4.78 is 10.2. The molecule has 2 N–H and O–H groups in total. The van der Waals surface area contributed by atoms with Crippen LogP contribution >= 0.6 is 0 Å². The first-order valence-corrected chi connectivity index (χ1v) is 10.9. The minimum absolute atomic E-state index is 0.0305. The molecule has 1 saturated carbocycles. The zero-order chi connectivity index (χ0) is 22.8. The van der Waals surface area contributed by atoms with E-state index in [-0.39, 0.29) is 36.5 Å². The van der Waals surface area contributed by atoms with Gasteiger partial charge in [0.15, 0.2) is 0 Å². The van der Waals surface area contributed by atoms with E-state index in [0.717, 1.165) is 19.3 Å². The molecule has 0 aromatic heterocycles. The van der Waals surface area contributed by atoms with E-state index in [9.17, 15) is 24.6 Å². The summed E-state index contributed by atoms with van der Waals surface area (Å²) in [5.41, 5.74) is 0.261. The number of hydrogen-bond donors (Lipinski definition) is 2. The molecular formula is C24H32O7. The van der Waals surface area contributed by atoms with E-state index >= 15 is 0 Å². The third-order valence-corrected chi connectivity index (χ3v) is 5.36. The number of unbranched alkanes of at least 4 members (excludes halogenated alkanes) is 2. The number of rotatable bonds is 11. The van der Waals surface area contributed by atoms with Gasteiger partial charge in [-0.15, -0.1) is 0 Å². The number of ether oxygens (including phenoxy) is 2. The van der Waals surface area contributed by atoms with Crippen molar-refractivity contribution in [3.05, 3.63) is 42.0 Å². The maximum Gasteiger partial charge on any atom is 0.338 e. The lowest BCUT2D eigenvalue weighted by Gasteiger charge is -2.17. The summed E-state index contributed by atoms with van der Waals surface area (Å²) in [6, 6.07) is 6.07. The van der Waals surface area contributed by atoms with Crippen molar-refractivity contribution < 1.29 is 34.1 Å².